The van der Waals surface area contributed by atoms with Crippen molar-refractivity contribution in [3.05, 3.63) is 70.8 Å². The molecule has 2 aromatic carbocycles. The second-order valence-electron chi connectivity index (χ2n) is 10.7. The zero-order chi connectivity index (χ0) is 28.5. The third-order valence-corrected chi connectivity index (χ3v) is 5.99. The Bertz CT molecular complexity index is 1150. The minimum absolute atomic E-state index is 0.102. The molecule has 3 atom stereocenters. The molecule has 0 aromatic heterocycles. The van der Waals surface area contributed by atoms with Crippen LogP contribution in [0.5, 0.6) is 0 Å². The number of ether oxygens (including phenoxy) is 1. The summed E-state index contributed by atoms with van der Waals surface area (Å²) in [5.74, 6) is -0.951. The Hall–Kier alpha value is -3.79. The summed E-state index contributed by atoms with van der Waals surface area (Å²) in [5, 5.41) is 5.71. The minimum Gasteiger partial charge on any atom is -0.444 e. The van der Waals surface area contributed by atoms with E-state index in [4.69, 9.17) is 11.2 Å². The number of nitrogens with one attached hydrogen (secondary N) is 2. The third-order valence-electron chi connectivity index (χ3n) is 5.99. The van der Waals surface area contributed by atoms with Crippen LogP contribution >= 0.6 is 0 Å². The van der Waals surface area contributed by atoms with Crippen LogP contribution in [0.15, 0.2) is 48.5 Å². The van der Waals surface area contributed by atoms with E-state index in [2.05, 4.69) is 16.7 Å². The van der Waals surface area contributed by atoms with Crippen LogP contribution in [0.4, 0.5) is 4.79 Å². The highest BCUT2D eigenvalue weighted by Gasteiger charge is 2.37. The molecule has 204 valence electrons. The first-order valence-corrected chi connectivity index (χ1v) is 13.1. The van der Waals surface area contributed by atoms with Gasteiger partial charge >= 0.3 is 6.09 Å². The van der Waals surface area contributed by atoms with Gasteiger partial charge in [0.05, 0.1) is 0 Å². The average molecular weight is 520 g/mol. The molecule has 3 unspecified atom stereocenters. The zero-order valence-electron chi connectivity index (χ0n) is 23.6. The lowest BCUT2D eigenvalue weighted by Gasteiger charge is -2.32. The van der Waals surface area contributed by atoms with Crippen molar-refractivity contribution in [2.45, 2.75) is 91.5 Å². The molecular weight excluding hydrogens is 478 g/mol. The number of carbonyl (C=O) groups is 3. The van der Waals surface area contributed by atoms with Gasteiger partial charge in [0.1, 0.15) is 17.7 Å². The second kappa shape index (κ2) is 13.7. The molecule has 2 aromatic rings. The maximum absolute atomic E-state index is 14.0. The van der Waals surface area contributed by atoms with Crippen molar-refractivity contribution in [3.63, 3.8) is 0 Å². The highest BCUT2D eigenvalue weighted by atomic mass is 16.6. The van der Waals surface area contributed by atoms with Gasteiger partial charge in [-0.1, -0.05) is 73.9 Å². The lowest BCUT2D eigenvalue weighted by atomic mass is 9.95. The monoisotopic (exact) mass is 519 g/mol. The Morgan fingerprint density at radius 1 is 1.05 bits per heavy atom. The van der Waals surface area contributed by atoms with E-state index in [1.54, 1.807) is 20.8 Å². The van der Waals surface area contributed by atoms with Gasteiger partial charge in [0.15, 0.2) is 0 Å². The SMILES string of the molecule is C#CN(C(=O)C(Cc1ccccc1)NC(=O)OC(C)(C)C)C(C(=O)NC(C)CCC)c1cc(C)ccc1C. The van der Waals surface area contributed by atoms with E-state index in [1.165, 1.54) is 0 Å². The number of hydrogen-bond donors (Lipinski definition) is 2. The summed E-state index contributed by atoms with van der Waals surface area (Å²) in [4.78, 5) is 41.5. The molecule has 0 saturated heterocycles. The topological polar surface area (TPSA) is 87.7 Å². The fourth-order valence-corrected chi connectivity index (χ4v) is 4.21. The van der Waals surface area contributed by atoms with E-state index in [0.29, 0.717) is 5.56 Å². The summed E-state index contributed by atoms with van der Waals surface area (Å²) in [6.07, 6.45) is 7.03. The Kier molecular flexibility index (Phi) is 10.9. The Morgan fingerprint density at radius 2 is 1.71 bits per heavy atom. The van der Waals surface area contributed by atoms with Crippen LogP contribution in [0.25, 0.3) is 0 Å². The van der Waals surface area contributed by atoms with Gasteiger partial charge in [0.25, 0.3) is 5.91 Å². The Balaban J connectivity index is 2.53. The van der Waals surface area contributed by atoms with E-state index >= 15 is 0 Å². The molecule has 3 amide bonds. The molecule has 0 spiro atoms. The summed E-state index contributed by atoms with van der Waals surface area (Å²) in [5.41, 5.74) is 2.46. The van der Waals surface area contributed by atoms with Crippen molar-refractivity contribution in [1.29, 1.82) is 0 Å². The summed E-state index contributed by atoms with van der Waals surface area (Å²) >= 11 is 0. The summed E-state index contributed by atoms with van der Waals surface area (Å²) in [6, 6.07) is 15.2. The number of amides is 3. The van der Waals surface area contributed by atoms with Crippen molar-refractivity contribution < 1.29 is 19.1 Å². The maximum atomic E-state index is 14.0. The number of hydrogen-bond acceptors (Lipinski definition) is 4. The van der Waals surface area contributed by atoms with Gasteiger partial charge in [-0.15, -0.1) is 0 Å². The van der Waals surface area contributed by atoms with Gasteiger partial charge in [0.2, 0.25) is 5.91 Å². The van der Waals surface area contributed by atoms with Crippen molar-refractivity contribution in [1.82, 2.24) is 15.5 Å². The van der Waals surface area contributed by atoms with Gasteiger partial charge in [-0.25, -0.2) is 4.79 Å². The molecular formula is C31H41N3O4. The first-order chi connectivity index (χ1) is 17.9. The molecule has 0 fully saturated rings. The molecule has 2 rings (SSSR count). The predicted molar refractivity (Wildman–Crippen MR) is 150 cm³/mol. The fraction of sp³-hybridized carbons (Fsp3) is 0.452. The van der Waals surface area contributed by atoms with Crippen LogP contribution in [-0.4, -0.2) is 40.5 Å². The smallest absolute Gasteiger partial charge is 0.408 e. The van der Waals surface area contributed by atoms with Crippen LogP contribution in [0.3, 0.4) is 0 Å². The van der Waals surface area contributed by atoms with E-state index < -0.39 is 29.7 Å². The van der Waals surface area contributed by atoms with Crippen LogP contribution in [-0.2, 0) is 20.7 Å². The molecule has 0 aliphatic carbocycles. The van der Waals surface area contributed by atoms with Crippen molar-refractivity contribution >= 4 is 17.9 Å². The number of nitrogens with zero attached hydrogens (tertiary/aromatic N) is 1. The standard InChI is InChI=1S/C31H41N3O4/c1-9-14-23(5)32-28(35)27(25-19-21(3)17-18-22(25)4)34(10-2)29(36)26(20-24-15-12-11-13-16-24)33-30(37)38-31(6,7)8/h2,11-13,15-19,23,26-27H,9,14,20H2,1,3-8H3,(H,32,35)(H,33,37). The fourth-order valence-electron chi connectivity index (χ4n) is 4.21. The first-order valence-electron chi connectivity index (χ1n) is 13.1. The highest BCUT2D eigenvalue weighted by Crippen LogP contribution is 2.27. The van der Waals surface area contributed by atoms with Crippen molar-refractivity contribution in [2.75, 3.05) is 0 Å². The van der Waals surface area contributed by atoms with E-state index in [1.807, 2.05) is 76.2 Å². The normalized spacial score (nSPS) is 13.4. The van der Waals surface area contributed by atoms with Crippen LogP contribution < -0.4 is 10.6 Å². The minimum atomic E-state index is -1.08. The van der Waals surface area contributed by atoms with Gasteiger partial charge in [-0.3, -0.25) is 14.5 Å². The van der Waals surface area contributed by atoms with Crippen LogP contribution in [0.2, 0.25) is 0 Å². The lowest BCUT2D eigenvalue weighted by Crippen LogP contribution is -2.53. The first kappa shape index (κ1) is 30.4. The highest BCUT2D eigenvalue weighted by molar-refractivity contribution is 5.93. The second-order valence-corrected chi connectivity index (χ2v) is 10.7. The molecule has 38 heavy (non-hydrogen) atoms. The quantitative estimate of drug-likeness (QED) is 0.333. The molecule has 7 nitrogen and oxygen atoms in total. The molecule has 0 aliphatic heterocycles. The Labute approximate surface area is 227 Å². The predicted octanol–water partition coefficient (Wildman–Crippen LogP) is 5.20. The van der Waals surface area contributed by atoms with Crippen molar-refractivity contribution in [2.24, 2.45) is 0 Å². The molecule has 0 aliphatic rings. The lowest BCUT2D eigenvalue weighted by molar-refractivity contribution is -0.138. The molecule has 0 heterocycles. The number of terminal acetylenes is 1. The molecule has 0 bridgehead atoms. The van der Waals surface area contributed by atoms with Crippen molar-refractivity contribution in [3.8, 4) is 12.5 Å². The van der Waals surface area contributed by atoms with Crippen LogP contribution in [0.1, 0.15) is 75.8 Å². The number of alkyl carbamates (subject to hydrolysis) is 1. The number of rotatable bonds is 10. The largest absolute Gasteiger partial charge is 0.444 e. The summed E-state index contributed by atoms with van der Waals surface area (Å²) in [6.45, 7) is 13.0. The number of aryl methyl sites for hydroxylation is 2. The summed E-state index contributed by atoms with van der Waals surface area (Å²) < 4.78 is 5.42. The van der Waals surface area contributed by atoms with Gasteiger partial charge in [-0.2, -0.15) is 0 Å². The van der Waals surface area contributed by atoms with E-state index in [-0.39, 0.29) is 18.4 Å². The van der Waals surface area contributed by atoms with Gasteiger partial charge < -0.3 is 15.4 Å². The third kappa shape index (κ3) is 8.95. The van der Waals surface area contributed by atoms with E-state index in [9.17, 15) is 14.4 Å². The van der Waals surface area contributed by atoms with Gasteiger partial charge in [-0.05, 0) is 64.7 Å². The van der Waals surface area contributed by atoms with Gasteiger partial charge in [0, 0.05) is 18.5 Å². The average Bonchev–Trinajstić information content (AvgIpc) is 2.83. The summed E-state index contributed by atoms with van der Waals surface area (Å²) in [7, 11) is 0. The molecule has 2 N–H and O–H groups in total. The van der Waals surface area contributed by atoms with Crippen LogP contribution in [0, 0.1) is 26.3 Å². The number of benzene rings is 2. The van der Waals surface area contributed by atoms with E-state index in [0.717, 1.165) is 34.4 Å². The molecule has 0 radical (unpaired) electrons. The zero-order valence-corrected chi connectivity index (χ0v) is 23.6. The molecule has 7 heteroatoms. The number of carbonyl (C=O) groups excluding carboxylic acids is 3. The Morgan fingerprint density at radius 3 is 2.29 bits per heavy atom. The maximum Gasteiger partial charge on any atom is 0.408 e. The molecule has 0 saturated carbocycles.